The normalized spacial score (nSPS) is 23.8. The molecule has 6 bridgehead atoms. The lowest BCUT2D eigenvalue weighted by atomic mass is 9.60. The van der Waals surface area contributed by atoms with E-state index in [0.717, 1.165) is 77.9 Å². The number of fused-ring (bicyclic) bond motifs is 6. The number of ketones is 2. The molecule has 0 saturated carbocycles. The minimum atomic E-state index is -1.67. The van der Waals surface area contributed by atoms with E-state index >= 15 is 9.59 Å². The zero-order valence-electron chi connectivity index (χ0n) is 60.7. The molecule has 0 saturated heterocycles. The molecule has 0 radical (unpaired) electrons. The molecule has 0 amide bonds. The molecule has 2 aliphatic carbocycles. The Morgan fingerprint density at radius 3 is 0.918 bits per heavy atom. The van der Waals surface area contributed by atoms with Crippen molar-refractivity contribution in [3.05, 3.63) is 271 Å². The topological polar surface area (TPSA) is 89.5 Å². The fourth-order valence-electron chi connectivity index (χ4n) is 16.9. The van der Waals surface area contributed by atoms with Gasteiger partial charge in [-0.3, -0.25) is 9.59 Å². The van der Waals surface area contributed by atoms with Crippen LogP contribution in [0.3, 0.4) is 0 Å². The lowest BCUT2D eigenvalue weighted by molar-refractivity contribution is -0.181. The van der Waals surface area contributed by atoms with Gasteiger partial charge in [-0.15, -0.1) is 0 Å². The largest absolute Gasteiger partial charge is 0.477 e. The molecule has 7 aliphatic rings. The van der Waals surface area contributed by atoms with Crippen molar-refractivity contribution in [2.75, 3.05) is 0 Å². The summed E-state index contributed by atoms with van der Waals surface area (Å²) in [5.74, 6) is 2.74. The van der Waals surface area contributed by atoms with Crippen molar-refractivity contribution in [3.63, 3.8) is 0 Å². The maximum Gasteiger partial charge on any atom is 0.216 e. The molecule has 8 nitrogen and oxygen atoms in total. The summed E-state index contributed by atoms with van der Waals surface area (Å²) >= 11 is 0. The predicted molar refractivity (Wildman–Crippen MR) is 390 cm³/mol. The van der Waals surface area contributed by atoms with Crippen LogP contribution < -0.4 is 28.4 Å². The van der Waals surface area contributed by atoms with Crippen LogP contribution in [0.25, 0.3) is 0 Å². The van der Waals surface area contributed by atoms with Crippen molar-refractivity contribution >= 4 is 11.6 Å². The summed E-state index contributed by atoms with van der Waals surface area (Å²) in [6, 6.07) is 60.5. The maximum absolute atomic E-state index is 17.2. The van der Waals surface area contributed by atoms with Gasteiger partial charge in [0.2, 0.25) is 22.8 Å². The molecule has 8 aromatic rings. The van der Waals surface area contributed by atoms with Gasteiger partial charge < -0.3 is 28.4 Å². The van der Waals surface area contributed by atoms with E-state index in [1.54, 1.807) is 0 Å². The fourth-order valence-corrected chi connectivity index (χ4v) is 16.9. The second kappa shape index (κ2) is 21.9. The van der Waals surface area contributed by atoms with E-state index in [1.165, 1.54) is 0 Å². The number of rotatable bonds is 6. The summed E-state index contributed by atoms with van der Waals surface area (Å²) in [6.07, 6.45) is 2.88. The van der Waals surface area contributed by atoms with Gasteiger partial charge in [-0.2, -0.15) is 0 Å². The molecule has 504 valence electrons. The minimum Gasteiger partial charge on any atom is -0.477 e. The zero-order valence-corrected chi connectivity index (χ0v) is 60.7. The Kier molecular flexibility index (Phi) is 14.6. The lowest BCUT2D eigenvalue weighted by Gasteiger charge is -2.57. The van der Waals surface area contributed by atoms with E-state index in [1.807, 2.05) is 0 Å². The summed E-state index contributed by atoms with van der Waals surface area (Å²) in [6.45, 7) is 40.0. The van der Waals surface area contributed by atoms with Crippen molar-refractivity contribution in [1.82, 2.24) is 0 Å². The van der Waals surface area contributed by atoms with E-state index in [9.17, 15) is 0 Å². The molecule has 6 atom stereocenters. The number of carbonyl (C=O) groups excluding carboxylic acids is 2. The zero-order chi connectivity index (χ0) is 69.5. The molecule has 0 N–H and O–H groups in total. The van der Waals surface area contributed by atoms with E-state index in [0.29, 0.717) is 45.6 Å². The Morgan fingerprint density at radius 2 is 0.633 bits per heavy atom. The predicted octanol–water partition coefficient (Wildman–Crippen LogP) is 19.7. The molecule has 8 aromatic carbocycles. The van der Waals surface area contributed by atoms with Crippen LogP contribution in [0.15, 0.2) is 193 Å². The van der Waals surface area contributed by atoms with E-state index in [2.05, 4.69) is 307 Å². The molecule has 0 aromatic heterocycles. The van der Waals surface area contributed by atoms with Gasteiger partial charge in [0, 0.05) is 70.6 Å². The summed E-state index contributed by atoms with van der Waals surface area (Å²) in [4.78, 5) is 34.3. The van der Waals surface area contributed by atoms with Crippen LogP contribution in [-0.2, 0) is 56.9 Å². The minimum absolute atomic E-state index is 0.140. The van der Waals surface area contributed by atoms with E-state index < -0.39 is 45.4 Å². The highest BCUT2D eigenvalue weighted by Crippen LogP contribution is 2.63. The summed E-state index contributed by atoms with van der Waals surface area (Å²) in [7, 11) is 0. The van der Waals surface area contributed by atoms with Gasteiger partial charge in [-0.05, 0) is 113 Å². The number of carbonyl (C=O) groups is 2. The van der Waals surface area contributed by atoms with Gasteiger partial charge in [-0.1, -0.05) is 282 Å². The molecular formula is C90H96O8. The third-order valence-electron chi connectivity index (χ3n) is 22.6. The van der Waals surface area contributed by atoms with Crippen LogP contribution in [-0.4, -0.2) is 46.2 Å². The molecule has 4 unspecified atom stereocenters. The third-order valence-corrected chi connectivity index (χ3v) is 22.6. The Balaban J connectivity index is 1.00. The standard InChI is InChI=1S/C90H96O8/c1-81(2,3)63-41-57-39-61-51-89(85(13,14)15)80(94-70-48-66(84(10,11)12)46-68(76(70)97-89)72(55-35-27-21-28-36-55)56-37-29-22-30-38-56)88(77(61)91)50-60-44-64(82(4,5)6)42-58(74(60)96-88)40-62-52-90(86(16,17)18)79(87(78(62)92)49-59(43-63)73(57)95-87)93-69-47-65(83(7,8)9)45-67(75(69)98-90)71(53-31-23-19-24-32-53)54-33-25-20-26-34-54/h19-38,41-48,51-52,71-72,79-80H,39-40,49-50H2,1-18H3/t79?,80?,87-,88+,89?,90?. The van der Waals surface area contributed by atoms with Crippen LogP contribution >= 0.6 is 0 Å². The van der Waals surface area contributed by atoms with Crippen molar-refractivity contribution < 1.29 is 38.0 Å². The average molecular weight is 1310 g/mol. The fraction of sp³-hybridized carbons (Fsp3) is 0.400. The van der Waals surface area contributed by atoms with Gasteiger partial charge >= 0.3 is 0 Å². The Morgan fingerprint density at radius 1 is 0.347 bits per heavy atom. The molecule has 8 heteroatoms. The van der Waals surface area contributed by atoms with Crippen LogP contribution in [0, 0.1) is 10.8 Å². The van der Waals surface area contributed by atoms with E-state index in [-0.39, 0.29) is 70.7 Å². The highest BCUT2D eigenvalue weighted by Gasteiger charge is 2.73. The first kappa shape index (κ1) is 65.3. The number of hydrogen-bond acceptors (Lipinski definition) is 8. The smallest absolute Gasteiger partial charge is 0.216 e. The third kappa shape index (κ3) is 10.2. The first-order valence-electron chi connectivity index (χ1n) is 35.6. The molecule has 15 rings (SSSR count). The van der Waals surface area contributed by atoms with Crippen molar-refractivity contribution in [3.8, 4) is 34.5 Å². The number of ether oxygens (including phenoxy) is 6. The SMILES string of the molecule is CC(C)(C)c1cc2c3c(c1)C[C@]1(O3)C(=O)C(=CC3(C(C)(C)C)Oc4c(cc(C(C)(C)C)cc4C(c4ccccc4)c4ccccc4)OC31)Cc1cc(C(C)(C)C)cc3c1O[C@]1(C3)C(=O)C(=CC3(C(C)(C)C)Oc4c(cc(C(C)(C)C)cc4C(c4ccccc4)c4ccccc4)OC31)C2. The first-order valence-corrected chi connectivity index (χ1v) is 35.6. The average Bonchev–Trinajstić information content (AvgIpc) is 1.25. The van der Waals surface area contributed by atoms with Crippen molar-refractivity contribution in [1.29, 1.82) is 0 Å². The lowest BCUT2D eigenvalue weighted by Crippen LogP contribution is -2.74. The molecule has 5 heterocycles. The van der Waals surface area contributed by atoms with Gasteiger partial charge in [0.1, 0.15) is 11.5 Å². The Labute approximate surface area is 581 Å². The highest BCUT2D eigenvalue weighted by atomic mass is 16.6. The quantitative estimate of drug-likeness (QED) is 0.152. The molecule has 5 aliphatic heterocycles. The monoisotopic (exact) mass is 1300 g/mol. The number of hydrogen-bond donors (Lipinski definition) is 0. The maximum atomic E-state index is 17.2. The Hall–Kier alpha value is -8.62. The van der Waals surface area contributed by atoms with Gasteiger partial charge in [0.25, 0.3) is 0 Å². The molecule has 0 fully saturated rings. The van der Waals surface area contributed by atoms with Gasteiger partial charge in [0.05, 0.1) is 0 Å². The summed E-state index contributed by atoms with van der Waals surface area (Å²) in [5.41, 5.74) is 6.22. The number of Topliss-reactive ketones (excluding diaryl/α,β-unsaturated/α-hetero) is 2. The van der Waals surface area contributed by atoms with Crippen LogP contribution in [0.2, 0.25) is 0 Å². The first-order chi connectivity index (χ1) is 46.0. The van der Waals surface area contributed by atoms with Crippen LogP contribution in [0.1, 0.15) is 214 Å². The van der Waals surface area contributed by atoms with Crippen molar-refractivity contribution in [2.24, 2.45) is 10.8 Å². The summed E-state index contributed by atoms with van der Waals surface area (Å²) in [5, 5.41) is 0. The van der Waals surface area contributed by atoms with Gasteiger partial charge in [-0.25, -0.2) is 0 Å². The van der Waals surface area contributed by atoms with Crippen LogP contribution in [0.4, 0.5) is 0 Å². The molecule has 2 spiro atoms. The molecule has 98 heavy (non-hydrogen) atoms. The van der Waals surface area contributed by atoms with Gasteiger partial charge in [0.15, 0.2) is 46.4 Å². The molecular weight excluding hydrogens is 1210 g/mol. The van der Waals surface area contributed by atoms with Crippen molar-refractivity contribution in [2.45, 2.75) is 218 Å². The highest BCUT2D eigenvalue weighted by molar-refractivity contribution is 6.07. The second-order valence-corrected chi connectivity index (χ2v) is 35.5. The number of benzene rings is 8. The summed E-state index contributed by atoms with van der Waals surface area (Å²) < 4.78 is 48.2. The van der Waals surface area contributed by atoms with Crippen LogP contribution in [0.5, 0.6) is 34.5 Å². The van der Waals surface area contributed by atoms with E-state index in [4.69, 9.17) is 28.4 Å². The Bertz CT molecular complexity index is 4250. The second-order valence-electron chi connectivity index (χ2n) is 35.5.